The molecule has 3 N–H and O–H groups in total. The second-order valence-electron chi connectivity index (χ2n) is 5.81. The zero-order chi connectivity index (χ0) is 15.2. The van der Waals surface area contributed by atoms with E-state index >= 15 is 0 Å². The van der Waals surface area contributed by atoms with Crippen LogP contribution >= 0.6 is 0 Å². The number of benzene rings is 1. The topological polar surface area (TPSA) is 64.6 Å². The zero-order valence-electron chi connectivity index (χ0n) is 12.8. The van der Waals surface area contributed by atoms with Crippen LogP contribution in [0.1, 0.15) is 38.4 Å². The first-order valence-corrected chi connectivity index (χ1v) is 7.62. The number of nitrogens with one attached hydrogen (secondary N) is 2. The van der Waals surface area contributed by atoms with Gasteiger partial charge in [0.2, 0.25) is 0 Å². The molecule has 0 radical (unpaired) electrons. The minimum absolute atomic E-state index is 0.114. The van der Waals surface area contributed by atoms with E-state index in [1.807, 2.05) is 25.1 Å². The Hall–Kier alpha value is -1.59. The van der Waals surface area contributed by atoms with Crippen LogP contribution in [-0.4, -0.2) is 41.7 Å². The molecule has 1 fully saturated rings. The molecule has 21 heavy (non-hydrogen) atoms. The van der Waals surface area contributed by atoms with Crippen LogP contribution in [0.3, 0.4) is 0 Å². The predicted octanol–water partition coefficient (Wildman–Crippen LogP) is 2.35. The number of hydrogen-bond acceptors (Lipinski definition) is 3. The molecule has 0 bridgehead atoms. The molecule has 5 heteroatoms. The Morgan fingerprint density at radius 2 is 2.05 bits per heavy atom. The fourth-order valence-corrected chi connectivity index (χ4v) is 2.67. The summed E-state index contributed by atoms with van der Waals surface area (Å²) in [5.74, 6) is 0. The third-order valence-corrected chi connectivity index (χ3v) is 3.74. The molecule has 5 nitrogen and oxygen atoms in total. The zero-order valence-corrected chi connectivity index (χ0v) is 12.8. The third-order valence-electron chi connectivity index (χ3n) is 3.74. The number of aliphatic hydroxyl groups is 1. The molecule has 1 aliphatic rings. The van der Waals surface area contributed by atoms with E-state index in [9.17, 15) is 9.90 Å². The van der Waals surface area contributed by atoms with E-state index in [4.69, 9.17) is 0 Å². The Labute approximate surface area is 126 Å². The normalized spacial score (nSPS) is 18.2. The van der Waals surface area contributed by atoms with Gasteiger partial charge in [0.25, 0.3) is 0 Å². The molecule has 1 aromatic rings. The Balaban J connectivity index is 1.81. The van der Waals surface area contributed by atoms with Gasteiger partial charge >= 0.3 is 6.03 Å². The van der Waals surface area contributed by atoms with Crippen LogP contribution < -0.4 is 10.6 Å². The van der Waals surface area contributed by atoms with Crippen molar-refractivity contribution in [1.82, 2.24) is 10.2 Å². The van der Waals surface area contributed by atoms with Crippen molar-refractivity contribution in [3.63, 3.8) is 0 Å². The number of hydrogen-bond donors (Lipinski definition) is 3. The second-order valence-corrected chi connectivity index (χ2v) is 5.81. The average molecular weight is 291 g/mol. The number of carbonyl (C=O) groups excluding carboxylic acids is 1. The molecule has 116 valence electrons. The molecule has 0 spiro atoms. The maximum atomic E-state index is 12.0. The van der Waals surface area contributed by atoms with Crippen molar-refractivity contribution in [2.45, 2.75) is 38.8 Å². The van der Waals surface area contributed by atoms with Crippen LogP contribution in [0.25, 0.3) is 0 Å². The summed E-state index contributed by atoms with van der Waals surface area (Å²) >= 11 is 0. The Morgan fingerprint density at radius 1 is 1.33 bits per heavy atom. The molecule has 2 amide bonds. The Bertz CT molecular complexity index is 470. The molecular weight excluding hydrogens is 266 g/mol. The van der Waals surface area contributed by atoms with Crippen molar-refractivity contribution in [1.29, 1.82) is 0 Å². The number of nitrogens with zero attached hydrogens (tertiary/aromatic N) is 1. The molecule has 2 rings (SSSR count). The van der Waals surface area contributed by atoms with Gasteiger partial charge in [-0.2, -0.15) is 0 Å². The van der Waals surface area contributed by atoms with E-state index in [2.05, 4.69) is 15.5 Å². The largest absolute Gasteiger partial charge is 0.389 e. The summed E-state index contributed by atoms with van der Waals surface area (Å²) in [6.07, 6.45) is 1.97. The highest BCUT2D eigenvalue weighted by Gasteiger charge is 2.16. The first-order valence-electron chi connectivity index (χ1n) is 7.62. The van der Waals surface area contributed by atoms with Crippen molar-refractivity contribution in [2.24, 2.45) is 0 Å². The summed E-state index contributed by atoms with van der Waals surface area (Å²) in [5, 5.41) is 15.3. The van der Waals surface area contributed by atoms with Crippen LogP contribution in [0.5, 0.6) is 0 Å². The number of anilines is 1. The van der Waals surface area contributed by atoms with Gasteiger partial charge < -0.3 is 20.6 Å². The fraction of sp³-hybridized carbons (Fsp3) is 0.562. The van der Waals surface area contributed by atoms with Crippen LogP contribution in [-0.2, 0) is 0 Å². The fourth-order valence-electron chi connectivity index (χ4n) is 2.67. The third kappa shape index (κ3) is 5.02. The Morgan fingerprint density at radius 3 is 2.71 bits per heavy atom. The van der Waals surface area contributed by atoms with E-state index in [-0.39, 0.29) is 12.1 Å². The maximum absolute atomic E-state index is 12.0. The smallest absolute Gasteiger partial charge is 0.319 e. The van der Waals surface area contributed by atoms with E-state index in [0.717, 1.165) is 25.2 Å². The summed E-state index contributed by atoms with van der Waals surface area (Å²) in [4.78, 5) is 14.3. The van der Waals surface area contributed by atoms with E-state index < -0.39 is 6.10 Å². The lowest BCUT2D eigenvalue weighted by Gasteiger charge is -2.21. The summed E-state index contributed by atoms with van der Waals surface area (Å²) in [7, 11) is 0. The van der Waals surface area contributed by atoms with Crippen molar-refractivity contribution in [3.05, 3.63) is 29.8 Å². The van der Waals surface area contributed by atoms with E-state index in [1.165, 1.54) is 12.8 Å². The molecule has 2 unspecified atom stereocenters. The lowest BCUT2D eigenvalue weighted by Crippen LogP contribution is -2.42. The maximum Gasteiger partial charge on any atom is 0.319 e. The number of likely N-dealkylation sites (tertiary alicyclic amines) is 1. The molecular formula is C16H25N3O2. The van der Waals surface area contributed by atoms with E-state index in [0.29, 0.717) is 5.69 Å². The van der Waals surface area contributed by atoms with Gasteiger partial charge in [-0.3, -0.25) is 0 Å². The van der Waals surface area contributed by atoms with Crippen molar-refractivity contribution in [2.75, 3.05) is 25.0 Å². The highest BCUT2D eigenvalue weighted by atomic mass is 16.3. The predicted molar refractivity (Wildman–Crippen MR) is 84.4 cm³/mol. The first-order chi connectivity index (χ1) is 10.0. The minimum atomic E-state index is -0.538. The van der Waals surface area contributed by atoms with Crippen LogP contribution in [0.4, 0.5) is 10.5 Å². The number of urea groups is 1. The SMILES string of the molecule is CC(CN1CCCC1)NC(=O)Nc1cccc(C(C)O)c1. The highest BCUT2D eigenvalue weighted by Crippen LogP contribution is 2.16. The van der Waals surface area contributed by atoms with Crippen LogP contribution in [0.2, 0.25) is 0 Å². The quantitative estimate of drug-likeness (QED) is 0.780. The van der Waals surface area contributed by atoms with Gasteiger partial charge in [0.1, 0.15) is 0 Å². The van der Waals surface area contributed by atoms with Gasteiger partial charge in [-0.15, -0.1) is 0 Å². The molecule has 0 aliphatic carbocycles. The minimum Gasteiger partial charge on any atom is -0.389 e. The number of carbonyl (C=O) groups is 1. The number of rotatable bonds is 5. The number of aliphatic hydroxyl groups excluding tert-OH is 1. The number of amides is 2. The van der Waals surface area contributed by atoms with Crippen molar-refractivity contribution >= 4 is 11.7 Å². The molecule has 1 saturated heterocycles. The lowest BCUT2D eigenvalue weighted by atomic mass is 10.1. The summed E-state index contributed by atoms with van der Waals surface area (Å²) < 4.78 is 0. The average Bonchev–Trinajstić information content (AvgIpc) is 2.91. The van der Waals surface area contributed by atoms with E-state index in [1.54, 1.807) is 13.0 Å². The van der Waals surface area contributed by atoms with Crippen molar-refractivity contribution < 1.29 is 9.90 Å². The summed E-state index contributed by atoms with van der Waals surface area (Å²) in [5.41, 5.74) is 1.48. The standard InChI is InChI=1S/C16H25N3O2/c1-12(11-19-8-3-4-9-19)17-16(21)18-15-7-5-6-14(10-15)13(2)20/h5-7,10,12-13,20H,3-4,8-9,11H2,1-2H3,(H2,17,18,21). The van der Waals surface area contributed by atoms with Gasteiger partial charge in [0.15, 0.2) is 0 Å². The second kappa shape index (κ2) is 7.43. The van der Waals surface area contributed by atoms with Crippen LogP contribution in [0, 0.1) is 0 Å². The van der Waals surface area contributed by atoms with Gasteiger partial charge in [0, 0.05) is 18.3 Å². The molecule has 0 saturated carbocycles. The van der Waals surface area contributed by atoms with Crippen molar-refractivity contribution in [3.8, 4) is 0 Å². The van der Waals surface area contributed by atoms with Gasteiger partial charge in [-0.1, -0.05) is 12.1 Å². The van der Waals surface area contributed by atoms with Gasteiger partial charge in [0.05, 0.1) is 6.10 Å². The Kier molecular flexibility index (Phi) is 5.59. The lowest BCUT2D eigenvalue weighted by molar-refractivity contribution is 0.199. The first kappa shape index (κ1) is 15.8. The monoisotopic (exact) mass is 291 g/mol. The highest BCUT2D eigenvalue weighted by molar-refractivity contribution is 5.89. The van der Waals surface area contributed by atoms with Crippen LogP contribution in [0.15, 0.2) is 24.3 Å². The molecule has 1 aliphatic heterocycles. The van der Waals surface area contributed by atoms with Gasteiger partial charge in [-0.05, 0) is 57.5 Å². The molecule has 1 heterocycles. The molecule has 2 atom stereocenters. The summed E-state index contributed by atoms with van der Waals surface area (Å²) in [6.45, 7) is 6.87. The summed E-state index contributed by atoms with van der Waals surface area (Å²) in [6, 6.07) is 7.17. The molecule has 1 aromatic carbocycles. The van der Waals surface area contributed by atoms with Gasteiger partial charge in [-0.25, -0.2) is 4.79 Å². The molecule has 0 aromatic heterocycles.